The van der Waals surface area contributed by atoms with Crippen LogP contribution in [0.15, 0.2) is 36.4 Å². The van der Waals surface area contributed by atoms with Gasteiger partial charge in [0.1, 0.15) is 21.8 Å². The molecule has 2 N–H and O–H groups in total. The largest absolute Gasteiger partial charge is 0.490 e. The SMILES string of the molecule is CC(C)Oc1ccc(-c2nnc(-c3cccc4c3CC[C@@H]4NC(=O)N3CCC(O)CC3)s2)cc1C#N. The van der Waals surface area contributed by atoms with Crippen molar-refractivity contribution in [1.29, 1.82) is 5.26 Å². The summed E-state index contributed by atoms with van der Waals surface area (Å²) in [6, 6.07) is 13.7. The van der Waals surface area contributed by atoms with Gasteiger partial charge in [0.05, 0.1) is 23.8 Å². The molecule has 2 heterocycles. The number of carbonyl (C=O) groups excluding carboxylic acids is 1. The molecule has 1 aromatic heterocycles. The highest BCUT2D eigenvalue weighted by Crippen LogP contribution is 2.40. The van der Waals surface area contributed by atoms with E-state index in [1.807, 2.05) is 32.0 Å². The topological polar surface area (TPSA) is 111 Å². The molecule has 8 nitrogen and oxygen atoms in total. The Hall–Kier alpha value is -3.48. The van der Waals surface area contributed by atoms with Crippen molar-refractivity contribution < 1.29 is 14.6 Å². The van der Waals surface area contributed by atoms with Crippen LogP contribution in [0.25, 0.3) is 21.1 Å². The lowest BCUT2D eigenvalue weighted by Gasteiger charge is -2.30. The fourth-order valence-corrected chi connectivity index (χ4v) is 5.76. The van der Waals surface area contributed by atoms with Crippen LogP contribution in [0.1, 0.15) is 55.8 Å². The number of amides is 2. The zero-order valence-electron chi connectivity index (χ0n) is 20.4. The van der Waals surface area contributed by atoms with Gasteiger partial charge in [-0.1, -0.05) is 29.5 Å². The number of benzene rings is 2. The molecule has 2 amide bonds. The summed E-state index contributed by atoms with van der Waals surface area (Å²) >= 11 is 1.49. The number of aliphatic hydroxyl groups excluding tert-OH is 1. The molecule has 0 bridgehead atoms. The van der Waals surface area contributed by atoms with E-state index < -0.39 is 0 Å². The molecule has 9 heteroatoms. The summed E-state index contributed by atoms with van der Waals surface area (Å²) < 4.78 is 5.73. The van der Waals surface area contributed by atoms with E-state index >= 15 is 0 Å². The maximum atomic E-state index is 12.8. The number of nitriles is 1. The van der Waals surface area contributed by atoms with E-state index in [4.69, 9.17) is 4.74 Å². The Morgan fingerprint density at radius 3 is 2.72 bits per heavy atom. The first-order chi connectivity index (χ1) is 17.4. The highest BCUT2D eigenvalue weighted by atomic mass is 32.1. The van der Waals surface area contributed by atoms with Gasteiger partial charge in [0.15, 0.2) is 0 Å². The zero-order valence-corrected chi connectivity index (χ0v) is 21.2. The molecule has 3 aromatic rings. The highest BCUT2D eigenvalue weighted by Gasteiger charge is 2.29. The molecule has 1 aliphatic heterocycles. The zero-order chi connectivity index (χ0) is 25.2. The van der Waals surface area contributed by atoms with Crippen molar-refractivity contribution in [2.45, 2.75) is 57.8 Å². The van der Waals surface area contributed by atoms with Crippen LogP contribution in [0, 0.1) is 11.3 Å². The summed E-state index contributed by atoms with van der Waals surface area (Å²) in [6.45, 7) is 5.02. The maximum Gasteiger partial charge on any atom is 0.317 e. The third-order valence-electron chi connectivity index (χ3n) is 6.69. The number of fused-ring (bicyclic) bond motifs is 1. The number of likely N-dealkylation sites (tertiary alicyclic amines) is 1. The second-order valence-electron chi connectivity index (χ2n) is 9.53. The first-order valence-corrected chi connectivity index (χ1v) is 13.1. The van der Waals surface area contributed by atoms with Crippen molar-refractivity contribution in [2.24, 2.45) is 0 Å². The molecule has 36 heavy (non-hydrogen) atoms. The minimum Gasteiger partial charge on any atom is -0.490 e. The van der Waals surface area contributed by atoms with Crippen molar-refractivity contribution in [2.75, 3.05) is 13.1 Å². The van der Waals surface area contributed by atoms with E-state index in [9.17, 15) is 15.2 Å². The lowest BCUT2D eigenvalue weighted by Crippen LogP contribution is -2.46. The average molecular weight is 504 g/mol. The van der Waals surface area contributed by atoms with E-state index in [-0.39, 0.29) is 24.3 Å². The number of ether oxygens (including phenoxy) is 1. The molecular weight excluding hydrogens is 474 g/mol. The van der Waals surface area contributed by atoms with Gasteiger partial charge in [-0.25, -0.2) is 4.79 Å². The van der Waals surface area contributed by atoms with Crippen LogP contribution < -0.4 is 10.1 Å². The molecular formula is C27H29N5O3S. The molecule has 2 aliphatic rings. The first-order valence-electron chi connectivity index (χ1n) is 12.3. The predicted molar refractivity (Wildman–Crippen MR) is 138 cm³/mol. The molecule has 186 valence electrons. The van der Waals surface area contributed by atoms with Crippen LogP contribution in [0.5, 0.6) is 5.75 Å². The molecule has 0 spiro atoms. The molecule has 1 fully saturated rings. The van der Waals surface area contributed by atoms with Gasteiger partial charge in [-0.3, -0.25) is 0 Å². The third kappa shape index (κ3) is 4.92. The minimum absolute atomic E-state index is 0.0161. The summed E-state index contributed by atoms with van der Waals surface area (Å²) in [5.74, 6) is 0.565. The van der Waals surface area contributed by atoms with Gasteiger partial charge in [-0.05, 0) is 68.9 Å². The van der Waals surface area contributed by atoms with Crippen LogP contribution in [-0.4, -0.2) is 51.5 Å². The number of rotatable bonds is 5. The summed E-state index contributed by atoms with van der Waals surface area (Å²) in [5.41, 5.74) is 4.65. The van der Waals surface area contributed by atoms with Gasteiger partial charge < -0.3 is 20.1 Å². The number of piperidine rings is 1. The Morgan fingerprint density at radius 1 is 1.19 bits per heavy atom. The number of urea groups is 1. The molecule has 5 rings (SSSR count). The first kappa shape index (κ1) is 24.2. The third-order valence-corrected chi connectivity index (χ3v) is 7.69. The molecule has 0 unspecified atom stereocenters. The molecule has 1 atom stereocenters. The van der Waals surface area contributed by atoms with Gasteiger partial charge >= 0.3 is 6.03 Å². The molecule has 1 aliphatic carbocycles. The number of nitrogens with one attached hydrogen (secondary N) is 1. The number of hydrogen-bond acceptors (Lipinski definition) is 7. The van der Waals surface area contributed by atoms with Gasteiger partial charge in [0, 0.05) is 24.2 Å². The normalized spacial score (nSPS) is 17.6. The number of aromatic nitrogens is 2. The van der Waals surface area contributed by atoms with Gasteiger partial charge in [-0.2, -0.15) is 5.26 Å². The van der Waals surface area contributed by atoms with Crippen molar-refractivity contribution in [3.05, 3.63) is 53.1 Å². The summed E-state index contributed by atoms with van der Waals surface area (Å²) in [4.78, 5) is 14.6. The van der Waals surface area contributed by atoms with E-state index in [1.165, 1.54) is 16.9 Å². The Labute approximate surface area is 214 Å². The van der Waals surface area contributed by atoms with Crippen molar-refractivity contribution >= 4 is 17.4 Å². The second-order valence-corrected chi connectivity index (χ2v) is 10.5. The summed E-state index contributed by atoms with van der Waals surface area (Å²) in [6.07, 6.45) is 2.62. The second kappa shape index (κ2) is 10.2. The van der Waals surface area contributed by atoms with E-state index in [0.717, 1.165) is 39.5 Å². The number of aliphatic hydroxyl groups is 1. The van der Waals surface area contributed by atoms with Crippen molar-refractivity contribution in [1.82, 2.24) is 20.4 Å². The minimum atomic E-state index is -0.307. The quantitative estimate of drug-likeness (QED) is 0.523. The van der Waals surface area contributed by atoms with Crippen molar-refractivity contribution in [3.8, 4) is 33.0 Å². The fraction of sp³-hybridized carbons (Fsp3) is 0.407. The Bertz CT molecular complexity index is 1310. The maximum absolute atomic E-state index is 12.8. The number of nitrogens with zero attached hydrogens (tertiary/aromatic N) is 4. The summed E-state index contributed by atoms with van der Waals surface area (Å²) in [7, 11) is 0. The molecule has 1 saturated heterocycles. The van der Waals surface area contributed by atoms with Crippen LogP contribution >= 0.6 is 11.3 Å². The van der Waals surface area contributed by atoms with Crippen LogP contribution in [0.3, 0.4) is 0 Å². The van der Waals surface area contributed by atoms with Crippen LogP contribution in [-0.2, 0) is 6.42 Å². The van der Waals surface area contributed by atoms with E-state index in [0.29, 0.717) is 37.2 Å². The van der Waals surface area contributed by atoms with Crippen molar-refractivity contribution in [3.63, 3.8) is 0 Å². The van der Waals surface area contributed by atoms with Gasteiger partial charge in [-0.15, -0.1) is 10.2 Å². The Morgan fingerprint density at radius 2 is 1.97 bits per heavy atom. The summed E-state index contributed by atoms with van der Waals surface area (Å²) in [5, 5.41) is 32.9. The fourth-order valence-electron chi connectivity index (χ4n) is 4.87. The lowest BCUT2D eigenvalue weighted by molar-refractivity contribution is 0.0928. The molecule has 0 saturated carbocycles. The highest BCUT2D eigenvalue weighted by molar-refractivity contribution is 7.17. The smallest absolute Gasteiger partial charge is 0.317 e. The number of hydrogen-bond donors (Lipinski definition) is 2. The van der Waals surface area contributed by atoms with Gasteiger partial charge in [0.2, 0.25) is 0 Å². The monoisotopic (exact) mass is 503 g/mol. The van der Waals surface area contributed by atoms with E-state index in [2.05, 4.69) is 33.7 Å². The standard InChI is InChI=1S/C27H29N5O3S/c1-16(2)35-24-9-6-17(14-18(24)15-28)25-30-31-26(36-25)22-5-3-4-21-20(22)7-8-23(21)29-27(34)32-12-10-19(33)11-13-32/h3-6,9,14,16,19,23,33H,7-8,10-13H2,1-2H3,(H,29,34)/t23-/m0/s1. The molecule has 2 aromatic carbocycles. The Balaban J connectivity index is 1.35. The number of carbonyl (C=O) groups is 1. The molecule has 0 radical (unpaired) electrons. The lowest BCUT2D eigenvalue weighted by atomic mass is 10.0. The van der Waals surface area contributed by atoms with Crippen LogP contribution in [0.4, 0.5) is 4.79 Å². The van der Waals surface area contributed by atoms with Gasteiger partial charge in [0.25, 0.3) is 0 Å². The average Bonchev–Trinajstić information content (AvgIpc) is 3.52. The van der Waals surface area contributed by atoms with Crippen LogP contribution in [0.2, 0.25) is 0 Å². The predicted octanol–water partition coefficient (Wildman–Crippen LogP) is 4.68. The van der Waals surface area contributed by atoms with E-state index in [1.54, 1.807) is 11.0 Å². The Kier molecular flexibility index (Phi) is 6.90.